The quantitative estimate of drug-likeness (QED) is 0.127. The van der Waals surface area contributed by atoms with Crippen molar-refractivity contribution in [3.8, 4) is 17.2 Å². The van der Waals surface area contributed by atoms with Gasteiger partial charge < -0.3 is 18.9 Å². The Bertz CT molecular complexity index is 2060. The average molecular weight is 970 g/mol. The molecule has 0 bridgehead atoms. The molecule has 1 atom stereocenters. The second kappa shape index (κ2) is 15.0. The molecular formula is C32H25BrCl2I2N2O6S. The second-order valence-electron chi connectivity index (χ2n) is 9.88. The van der Waals surface area contributed by atoms with Crippen molar-refractivity contribution in [1.82, 2.24) is 4.57 Å². The van der Waals surface area contributed by atoms with E-state index in [2.05, 4.69) is 66.1 Å². The van der Waals surface area contributed by atoms with Crippen LogP contribution in [0.1, 0.15) is 36.6 Å². The molecule has 2 heterocycles. The minimum Gasteiger partial charge on any atom is -0.493 e. The zero-order chi connectivity index (χ0) is 33.3. The molecule has 0 N–H and O–H groups in total. The van der Waals surface area contributed by atoms with Gasteiger partial charge in [-0.1, -0.05) is 56.5 Å². The van der Waals surface area contributed by atoms with Crippen LogP contribution in [0.2, 0.25) is 10.0 Å². The summed E-state index contributed by atoms with van der Waals surface area (Å²) in [5.41, 5.74) is 2.75. The third kappa shape index (κ3) is 7.16. The lowest BCUT2D eigenvalue weighted by Gasteiger charge is -2.26. The molecule has 0 fully saturated rings. The molecule has 0 spiro atoms. The lowest BCUT2D eigenvalue weighted by molar-refractivity contribution is -0.139. The van der Waals surface area contributed by atoms with E-state index >= 15 is 0 Å². The van der Waals surface area contributed by atoms with Crippen molar-refractivity contribution in [3.05, 3.63) is 112 Å². The van der Waals surface area contributed by atoms with Gasteiger partial charge >= 0.3 is 5.97 Å². The number of hydrogen-bond acceptors (Lipinski definition) is 8. The number of carbonyl (C=O) groups excluding carboxylic acids is 1. The van der Waals surface area contributed by atoms with Gasteiger partial charge in [0.15, 0.2) is 16.3 Å². The summed E-state index contributed by atoms with van der Waals surface area (Å²) in [6.45, 7) is 3.96. The number of halogens is 5. The first-order chi connectivity index (χ1) is 22.0. The summed E-state index contributed by atoms with van der Waals surface area (Å²) in [6, 6.07) is 11.9. The second-order valence-corrected chi connectivity index (χ2v) is 14.9. The number of methoxy groups -OCH3 is 2. The van der Waals surface area contributed by atoms with Crippen molar-refractivity contribution >= 4 is 108 Å². The van der Waals surface area contributed by atoms with Crippen molar-refractivity contribution in [2.45, 2.75) is 26.5 Å². The number of allylic oxidation sites excluding steroid dienone is 1. The molecule has 46 heavy (non-hydrogen) atoms. The molecular weight excluding hydrogens is 945 g/mol. The number of esters is 1. The summed E-state index contributed by atoms with van der Waals surface area (Å²) < 4.78 is 26.9. The van der Waals surface area contributed by atoms with E-state index in [1.165, 1.54) is 30.1 Å². The van der Waals surface area contributed by atoms with Crippen LogP contribution in [-0.2, 0) is 16.1 Å². The number of aromatic nitrogens is 1. The summed E-state index contributed by atoms with van der Waals surface area (Å²) in [7, 11) is 3.07. The highest BCUT2D eigenvalue weighted by Gasteiger charge is 2.35. The van der Waals surface area contributed by atoms with E-state index in [0.717, 1.165) is 24.0 Å². The van der Waals surface area contributed by atoms with E-state index < -0.39 is 12.0 Å². The average Bonchev–Trinajstić information content (AvgIpc) is 3.31. The number of nitrogens with zero attached hydrogens (tertiary/aromatic N) is 2. The van der Waals surface area contributed by atoms with Gasteiger partial charge in [-0.25, -0.2) is 9.79 Å². The Morgan fingerprint density at radius 1 is 1.07 bits per heavy atom. The topological polar surface area (TPSA) is 88.4 Å². The SMILES string of the molecule is CCOC(=O)C1=C(C)N=c2s/c(=C\c3cc(I)c(OCc4ccc(Cl)c(Cl)c4)c(I)c3)c(=O)n2[C@@H]1c1cc(OC)c(OC)cc1Br. The van der Waals surface area contributed by atoms with Crippen molar-refractivity contribution in [1.29, 1.82) is 0 Å². The zero-order valence-electron chi connectivity index (χ0n) is 24.8. The van der Waals surface area contributed by atoms with Crippen LogP contribution in [0.3, 0.4) is 0 Å². The van der Waals surface area contributed by atoms with Crippen LogP contribution in [0, 0.1) is 7.14 Å². The van der Waals surface area contributed by atoms with Crippen molar-refractivity contribution in [3.63, 3.8) is 0 Å². The molecule has 1 aromatic heterocycles. The van der Waals surface area contributed by atoms with Crippen LogP contribution >= 0.6 is 95.7 Å². The summed E-state index contributed by atoms with van der Waals surface area (Å²) in [4.78, 5) is 32.6. The summed E-state index contributed by atoms with van der Waals surface area (Å²) in [5, 5.41) is 0.952. The van der Waals surface area contributed by atoms with Crippen LogP contribution in [0.5, 0.6) is 17.2 Å². The molecule has 1 aliphatic heterocycles. The highest BCUT2D eigenvalue weighted by molar-refractivity contribution is 14.1. The minimum absolute atomic E-state index is 0.171. The van der Waals surface area contributed by atoms with Gasteiger partial charge in [0.05, 0.1) is 59.9 Å². The maximum Gasteiger partial charge on any atom is 0.338 e. The molecule has 3 aromatic carbocycles. The number of thiazole rings is 1. The fourth-order valence-electron chi connectivity index (χ4n) is 4.90. The zero-order valence-corrected chi connectivity index (χ0v) is 33.0. The summed E-state index contributed by atoms with van der Waals surface area (Å²) >= 11 is 21.5. The van der Waals surface area contributed by atoms with E-state index in [4.69, 9.17) is 42.1 Å². The number of benzene rings is 3. The van der Waals surface area contributed by atoms with E-state index in [1.54, 1.807) is 38.1 Å². The predicted molar refractivity (Wildman–Crippen MR) is 200 cm³/mol. The van der Waals surface area contributed by atoms with Crippen molar-refractivity contribution < 1.29 is 23.7 Å². The normalized spacial score (nSPS) is 14.5. The molecule has 0 unspecified atom stereocenters. The lowest BCUT2D eigenvalue weighted by Crippen LogP contribution is -2.40. The Labute approximate surface area is 314 Å². The molecule has 0 amide bonds. The van der Waals surface area contributed by atoms with Gasteiger partial charge in [0.2, 0.25) is 0 Å². The van der Waals surface area contributed by atoms with Crippen molar-refractivity contribution in [2.24, 2.45) is 4.99 Å². The number of carbonyl (C=O) groups is 1. The largest absolute Gasteiger partial charge is 0.493 e. The van der Waals surface area contributed by atoms with Crippen LogP contribution in [0.15, 0.2) is 68.0 Å². The molecule has 8 nitrogen and oxygen atoms in total. The highest BCUT2D eigenvalue weighted by atomic mass is 127. The van der Waals surface area contributed by atoms with Gasteiger partial charge in [-0.05, 0) is 118 Å². The molecule has 0 saturated heterocycles. The van der Waals surface area contributed by atoms with Gasteiger partial charge in [-0.15, -0.1) is 0 Å². The fraction of sp³-hybridized carbons (Fsp3) is 0.219. The third-order valence-electron chi connectivity index (χ3n) is 7.00. The number of rotatable bonds is 9. The Kier molecular flexibility index (Phi) is 11.5. The Hall–Kier alpha value is -2.11. The molecule has 1 aliphatic rings. The Morgan fingerprint density at radius 3 is 2.37 bits per heavy atom. The summed E-state index contributed by atoms with van der Waals surface area (Å²) in [6.07, 6.45) is 1.82. The molecule has 14 heteroatoms. The van der Waals surface area contributed by atoms with E-state index in [1.807, 2.05) is 24.3 Å². The first-order valence-corrected chi connectivity index (χ1v) is 18.2. The molecule has 4 aromatic rings. The molecule has 0 aliphatic carbocycles. The Morgan fingerprint density at radius 2 is 1.74 bits per heavy atom. The third-order valence-corrected chi connectivity index (χ3v) is 11.0. The van der Waals surface area contributed by atoms with Gasteiger partial charge in [0.1, 0.15) is 12.4 Å². The first kappa shape index (κ1) is 35.2. The van der Waals surface area contributed by atoms with E-state index in [9.17, 15) is 9.59 Å². The standard InChI is InChI=1S/C32H25BrCl2I2N2O6S/c1-5-44-31(41)27-15(2)38-32-39(28(27)18-12-24(42-3)25(43-4)13-19(18)33)30(40)26(46-32)11-17-9-22(36)29(23(37)10-17)45-14-16-6-7-20(34)21(35)8-16/h6-13,28H,5,14H2,1-4H3/b26-11-/t28-/m1/s1. The number of fused-ring (bicyclic) bond motifs is 1. The number of hydrogen-bond donors (Lipinski definition) is 0. The van der Waals surface area contributed by atoms with Crippen molar-refractivity contribution in [2.75, 3.05) is 20.8 Å². The van der Waals surface area contributed by atoms with E-state index in [-0.39, 0.29) is 17.7 Å². The predicted octanol–water partition coefficient (Wildman–Crippen LogP) is 7.67. The fourth-order valence-corrected chi connectivity index (χ4v) is 8.94. The van der Waals surface area contributed by atoms with Crippen LogP contribution in [0.4, 0.5) is 0 Å². The number of ether oxygens (including phenoxy) is 4. The molecule has 0 saturated carbocycles. The van der Waals surface area contributed by atoms with Gasteiger partial charge in [0.25, 0.3) is 5.56 Å². The molecule has 0 radical (unpaired) electrons. The molecule has 240 valence electrons. The van der Waals surface area contributed by atoms with Crippen LogP contribution < -0.4 is 29.1 Å². The van der Waals surface area contributed by atoms with Gasteiger partial charge in [0, 0.05) is 4.47 Å². The van der Waals surface area contributed by atoms with Gasteiger partial charge in [-0.2, -0.15) is 0 Å². The lowest BCUT2D eigenvalue weighted by atomic mass is 9.95. The van der Waals surface area contributed by atoms with E-state index in [0.29, 0.717) is 53.2 Å². The maximum absolute atomic E-state index is 14.2. The van der Waals surface area contributed by atoms with Crippen LogP contribution in [0.25, 0.3) is 6.08 Å². The molecule has 5 rings (SSSR count). The van der Waals surface area contributed by atoms with Gasteiger partial charge in [-0.3, -0.25) is 9.36 Å². The van der Waals surface area contributed by atoms with Crippen LogP contribution in [-0.4, -0.2) is 31.4 Å². The summed E-state index contributed by atoms with van der Waals surface area (Å²) in [5.74, 6) is 1.12. The minimum atomic E-state index is -0.830. The smallest absolute Gasteiger partial charge is 0.338 e. The highest BCUT2D eigenvalue weighted by Crippen LogP contribution is 2.41. The maximum atomic E-state index is 14.2. The Balaban J connectivity index is 1.59. The monoisotopic (exact) mass is 968 g/mol. The first-order valence-electron chi connectivity index (χ1n) is 13.6.